The number of furan rings is 1. The standard InChI is InChI=1S/C15H19NOS/c1-12-5-7-14(8-6-12)18-11-9-16-13(2)15-4-3-10-17-15/h3-8,10,13,16H,9,11H2,1-2H3. The summed E-state index contributed by atoms with van der Waals surface area (Å²) in [6.07, 6.45) is 1.72. The Morgan fingerprint density at radius 2 is 2.00 bits per heavy atom. The van der Waals surface area contributed by atoms with Crippen molar-refractivity contribution < 1.29 is 4.42 Å². The summed E-state index contributed by atoms with van der Waals surface area (Å²) in [6, 6.07) is 12.9. The molecule has 18 heavy (non-hydrogen) atoms. The van der Waals surface area contributed by atoms with E-state index in [1.165, 1.54) is 10.5 Å². The number of thioether (sulfide) groups is 1. The van der Waals surface area contributed by atoms with Crippen LogP contribution in [0.4, 0.5) is 0 Å². The predicted molar refractivity (Wildman–Crippen MR) is 77.0 cm³/mol. The summed E-state index contributed by atoms with van der Waals surface area (Å²) < 4.78 is 5.35. The van der Waals surface area contributed by atoms with E-state index in [-0.39, 0.29) is 6.04 Å². The van der Waals surface area contributed by atoms with Crippen molar-refractivity contribution in [2.24, 2.45) is 0 Å². The van der Waals surface area contributed by atoms with Crippen molar-refractivity contribution in [2.75, 3.05) is 12.3 Å². The van der Waals surface area contributed by atoms with Gasteiger partial charge in [0.1, 0.15) is 5.76 Å². The summed E-state index contributed by atoms with van der Waals surface area (Å²) in [4.78, 5) is 1.33. The fourth-order valence-corrected chi connectivity index (χ4v) is 2.50. The molecule has 0 aliphatic heterocycles. The van der Waals surface area contributed by atoms with E-state index in [0.717, 1.165) is 18.1 Å². The Kier molecular flexibility index (Phi) is 4.90. The van der Waals surface area contributed by atoms with Gasteiger partial charge in [0.25, 0.3) is 0 Å². The summed E-state index contributed by atoms with van der Waals surface area (Å²) in [5, 5.41) is 3.45. The van der Waals surface area contributed by atoms with Crippen LogP contribution in [0.15, 0.2) is 52.0 Å². The molecular formula is C15H19NOS. The van der Waals surface area contributed by atoms with Crippen LogP contribution in [-0.4, -0.2) is 12.3 Å². The van der Waals surface area contributed by atoms with E-state index in [9.17, 15) is 0 Å². The van der Waals surface area contributed by atoms with Gasteiger partial charge >= 0.3 is 0 Å². The van der Waals surface area contributed by atoms with Crippen molar-refractivity contribution in [1.29, 1.82) is 0 Å². The molecule has 2 rings (SSSR count). The van der Waals surface area contributed by atoms with Crippen LogP contribution >= 0.6 is 11.8 Å². The van der Waals surface area contributed by atoms with E-state index in [0.29, 0.717) is 0 Å². The zero-order valence-corrected chi connectivity index (χ0v) is 11.7. The lowest BCUT2D eigenvalue weighted by Gasteiger charge is -2.10. The SMILES string of the molecule is Cc1ccc(SCCNC(C)c2ccco2)cc1. The smallest absolute Gasteiger partial charge is 0.120 e. The van der Waals surface area contributed by atoms with E-state index in [1.807, 2.05) is 23.9 Å². The van der Waals surface area contributed by atoms with Crippen LogP contribution in [0.1, 0.15) is 24.3 Å². The Labute approximate surface area is 113 Å². The molecule has 1 heterocycles. The van der Waals surface area contributed by atoms with Gasteiger partial charge in [0.15, 0.2) is 0 Å². The Morgan fingerprint density at radius 3 is 2.67 bits per heavy atom. The van der Waals surface area contributed by atoms with Gasteiger partial charge < -0.3 is 9.73 Å². The zero-order valence-electron chi connectivity index (χ0n) is 10.8. The van der Waals surface area contributed by atoms with E-state index in [4.69, 9.17) is 4.42 Å². The van der Waals surface area contributed by atoms with Gasteiger partial charge in [-0.3, -0.25) is 0 Å². The summed E-state index contributed by atoms with van der Waals surface area (Å²) in [5.41, 5.74) is 1.31. The van der Waals surface area contributed by atoms with Crippen LogP contribution < -0.4 is 5.32 Å². The third kappa shape index (κ3) is 3.93. The van der Waals surface area contributed by atoms with Crippen molar-refractivity contribution >= 4 is 11.8 Å². The van der Waals surface area contributed by atoms with Crippen LogP contribution in [-0.2, 0) is 0 Å². The fraction of sp³-hybridized carbons (Fsp3) is 0.333. The van der Waals surface area contributed by atoms with Gasteiger partial charge in [0, 0.05) is 17.2 Å². The summed E-state index contributed by atoms with van der Waals surface area (Å²) in [7, 11) is 0. The first-order chi connectivity index (χ1) is 8.75. The van der Waals surface area contributed by atoms with E-state index < -0.39 is 0 Å². The minimum absolute atomic E-state index is 0.276. The lowest BCUT2D eigenvalue weighted by Crippen LogP contribution is -2.20. The van der Waals surface area contributed by atoms with Crippen molar-refractivity contribution in [3.8, 4) is 0 Å². The summed E-state index contributed by atoms with van der Waals surface area (Å²) in [6.45, 7) is 5.21. The molecule has 0 fully saturated rings. The normalized spacial score (nSPS) is 12.6. The number of aryl methyl sites for hydroxylation is 1. The van der Waals surface area contributed by atoms with Crippen molar-refractivity contribution in [2.45, 2.75) is 24.8 Å². The largest absolute Gasteiger partial charge is 0.468 e. The molecule has 1 aromatic heterocycles. The Hall–Kier alpha value is -1.19. The molecule has 0 spiro atoms. The number of hydrogen-bond acceptors (Lipinski definition) is 3. The zero-order chi connectivity index (χ0) is 12.8. The van der Waals surface area contributed by atoms with Crippen LogP contribution in [0.3, 0.4) is 0 Å². The lowest BCUT2D eigenvalue weighted by atomic mass is 10.2. The van der Waals surface area contributed by atoms with Crippen molar-refractivity contribution in [3.63, 3.8) is 0 Å². The number of hydrogen-bond donors (Lipinski definition) is 1. The maximum atomic E-state index is 5.35. The highest BCUT2D eigenvalue weighted by atomic mass is 32.2. The molecular weight excluding hydrogens is 242 g/mol. The first-order valence-corrected chi connectivity index (χ1v) is 7.20. The van der Waals surface area contributed by atoms with Crippen molar-refractivity contribution in [3.05, 3.63) is 54.0 Å². The molecule has 2 nitrogen and oxygen atoms in total. The van der Waals surface area contributed by atoms with Gasteiger partial charge in [-0.2, -0.15) is 0 Å². The molecule has 0 saturated carbocycles. The van der Waals surface area contributed by atoms with Crippen molar-refractivity contribution in [1.82, 2.24) is 5.32 Å². The topological polar surface area (TPSA) is 25.2 Å². The molecule has 1 N–H and O–H groups in total. The second kappa shape index (κ2) is 6.66. The number of nitrogens with one attached hydrogen (secondary N) is 1. The van der Waals surface area contributed by atoms with Gasteiger partial charge in [0.2, 0.25) is 0 Å². The highest BCUT2D eigenvalue weighted by Crippen LogP contribution is 2.18. The molecule has 1 aromatic carbocycles. The first kappa shape index (κ1) is 13.2. The predicted octanol–water partition coefficient (Wildman–Crippen LogP) is 4.03. The fourth-order valence-electron chi connectivity index (χ4n) is 1.72. The van der Waals surface area contributed by atoms with Crippen LogP contribution in [0.2, 0.25) is 0 Å². The Balaban J connectivity index is 1.68. The molecule has 1 unspecified atom stereocenters. The van der Waals surface area contributed by atoms with Gasteiger partial charge in [-0.25, -0.2) is 0 Å². The minimum atomic E-state index is 0.276. The lowest BCUT2D eigenvalue weighted by molar-refractivity contribution is 0.438. The first-order valence-electron chi connectivity index (χ1n) is 6.22. The molecule has 1 atom stereocenters. The molecule has 0 amide bonds. The van der Waals surface area contributed by atoms with Gasteiger partial charge in [-0.1, -0.05) is 17.7 Å². The third-order valence-electron chi connectivity index (χ3n) is 2.81. The van der Waals surface area contributed by atoms with Gasteiger partial charge in [-0.15, -0.1) is 11.8 Å². The molecule has 0 aliphatic carbocycles. The summed E-state index contributed by atoms with van der Waals surface area (Å²) in [5.74, 6) is 2.06. The second-order valence-electron chi connectivity index (χ2n) is 4.35. The van der Waals surface area contributed by atoms with Gasteiger partial charge in [-0.05, 0) is 38.1 Å². The molecule has 0 saturated heterocycles. The molecule has 2 aromatic rings. The highest BCUT2D eigenvalue weighted by molar-refractivity contribution is 7.99. The van der Waals surface area contributed by atoms with Crippen LogP contribution in [0, 0.1) is 6.92 Å². The molecule has 0 aliphatic rings. The third-order valence-corrected chi connectivity index (χ3v) is 3.83. The number of benzene rings is 1. The Morgan fingerprint density at radius 1 is 1.22 bits per heavy atom. The minimum Gasteiger partial charge on any atom is -0.468 e. The quantitative estimate of drug-likeness (QED) is 0.628. The maximum absolute atomic E-state index is 5.35. The maximum Gasteiger partial charge on any atom is 0.120 e. The van der Waals surface area contributed by atoms with E-state index >= 15 is 0 Å². The molecule has 96 valence electrons. The monoisotopic (exact) mass is 261 g/mol. The van der Waals surface area contributed by atoms with E-state index in [2.05, 4.69) is 43.4 Å². The molecule has 0 radical (unpaired) electrons. The average Bonchev–Trinajstić information content (AvgIpc) is 2.90. The highest BCUT2D eigenvalue weighted by Gasteiger charge is 2.06. The number of rotatable bonds is 6. The summed E-state index contributed by atoms with van der Waals surface area (Å²) >= 11 is 1.88. The van der Waals surface area contributed by atoms with Crippen LogP contribution in [0.25, 0.3) is 0 Å². The van der Waals surface area contributed by atoms with Gasteiger partial charge in [0.05, 0.1) is 12.3 Å². The molecule has 0 bridgehead atoms. The second-order valence-corrected chi connectivity index (χ2v) is 5.52. The average molecular weight is 261 g/mol. The Bertz CT molecular complexity index is 450. The van der Waals surface area contributed by atoms with E-state index in [1.54, 1.807) is 6.26 Å². The van der Waals surface area contributed by atoms with Crippen LogP contribution in [0.5, 0.6) is 0 Å². The molecule has 3 heteroatoms.